The molecule has 5 nitrogen and oxygen atoms in total. The fraction of sp³-hybridized carbons (Fsp3) is 0.120. The minimum atomic E-state index is -0.395. The fourth-order valence-electron chi connectivity index (χ4n) is 3.48. The molecule has 3 aromatic rings. The van der Waals surface area contributed by atoms with Crippen molar-refractivity contribution in [2.45, 2.75) is 13.8 Å². The van der Waals surface area contributed by atoms with Crippen molar-refractivity contribution >= 4 is 29.2 Å². The maximum Gasteiger partial charge on any atom is 0.265 e. The number of aryl methyl sites for hydroxylation is 1. The third kappa shape index (κ3) is 3.46. The van der Waals surface area contributed by atoms with E-state index in [9.17, 15) is 14.7 Å². The number of rotatable bonds is 4. The lowest BCUT2D eigenvalue weighted by Crippen LogP contribution is -2.41. The van der Waals surface area contributed by atoms with Crippen LogP contribution in [-0.2, 0) is 4.79 Å². The van der Waals surface area contributed by atoms with Crippen LogP contribution in [0, 0.1) is 6.92 Å². The number of benzene rings is 3. The van der Waals surface area contributed by atoms with Crippen molar-refractivity contribution < 1.29 is 19.4 Å². The summed E-state index contributed by atoms with van der Waals surface area (Å²) in [5, 5.41) is 9.96. The lowest BCUT2D eigenvalue weighted by molar-refractivity contribution is -0.112. The molecule has 0 atom stereocenters. The van der Waals surface area contributed by atoms with Gasteiger partial charge in [-0.2, -0.15) is 0 Å². The van der Waals surface area contributed by atoms with Crippen LogP contribution in [0.2, 0.25) is 0 Å². The number of phenolic OH excluding ortho intramolecular Hbond substituents is 1. The summed E-state index contributed by atoms with van der Waals surface area (Å²) in [6.07, 6.45) is 1.72. The maximum absolute atomic E-state index is 13.4. The second kappa shape index (κ2) is 7.87. The second-order valence-electron chi connectivity index (χ2n) is 7.05. The molecule has 0 spiro atoms. The lowest BCUT2D eigenvalue weighted by Gasteiger charge is -2.28. The van der Waals surface area contributed by atoms with Gasteiger partial charge in [-0.3, -0.25) is 9.59 Å². The quantitative estimate of drug-likeness (QED) is 0.504. The Hall–Kier alpha value is -3.86. The monoisotopic (exact) mass is 399 g/mol. The highest BCUT2D eigenvalue weighted by atomic mass is 16.5. The summed E-state index contributed by atoms with van der Waals surface area (Å²) >= 11 is 0. The minimum absolute atomic E-state index is 0.0332. The van der Waals surface area contributed by atoms with Gasteiger partial charge in [-0.15, -0.1) is 0 Å². The summed E-state index contributed by atoms with van der Waals surface area (Å²) in [6.45, 7) is 4.19. The zero-order valence-electron chi connectivity index (χ0n) is 16.8. The van der Waals surface area contributed by atoms with E-state index in [-0.39, 0.29) is 11.7 Å². The summed E-state index contributed by atoms with van der Waals surface area (Å²) in [6, 6.07) is 19.3. The van der Waals surface area contributed by atoms with Gasteiger partial charge in [0.05, 0.1) is 12.3 Å². The number of anilines is 1. The van der Waals surface area contributed by atoms with Crippen molar-refractivity contribution in [2.24, 2.45) is 0 Å². The van der Waals surface area contributed by atoms with Crippen LogP contribution >= 0.6 is 0 Å². The molecule has 0 unspecified atom stereocenters. The standard InChI is InChI=1S/C25H21NO4/c1-3-30-23-15-17(10-13-22(23)27)14-21-19-6-4-5-7-20(19)24(28)26(25(21)29)18-11-8-16(2)9-12-18/h4-15,27H,3H2,1-2H3/b21-14-. The number of hydrogen-bond donors (Lipinski definition) is 1. The van der Waals surface area contributed by atoms with E-state index >= 15 is 0 Å². The van der Waals surface area contributed by atoms with Crippen LogP contribution < -0.4 is 9.64 Å². The molecule has 5 heteroatoms. The minimum Gasteiger partial charge on any atom is -0.504 e. The summed E-state index contributed by atoms with van der Waals surface area (Å²) in [7, 11) is 0. The van der Waals surface area contributed by atoms with Crippen molar-refractivity contribution in [3.05, 3.63) is 89.0 Å². The number of amides is 2. The number of imide groups is 1. The highest BCUT2D eigenvalue weighted by molar-refractivity contribution is 6.43. The Bertz CT molecular complexity index is 1160. The van der Waals surface area contributed by atoms with Gasteiger partial charge in [-0.25, -0.2) is 4.90 Å². The van der Waals surface area contributed by atoms with Gasteiger partial charge in [-0.1, -0.05) is 42.0 Å². The van der Waals surface area contributed by atoms with Gasteiger partial charge >= 0.3 is 0 Å². The molecule has 0 bridgehead atoms. The number of carbonyl (C=O) groups is 2. The second-order valence-corrected chi connectivity index (χ2v) is 7.05. The Labute approximate surface area is 174 Å². The average molecular weight is 399 g/mol. The molecule has 0 saturated heterocycles. The molecule has 0 fully saturated rings. The average Bonchev–Trinajstić information content (AvgIpc) is 2.75. The highest BCUT2D eigenvalue weighted by Gasteiger charge is 2.35. The molecule has 1 aliphatic rings. The molecule has 4 rings (SSSR count). The largest absolute Gasteiger partial charge is 0.504 e. The van der Waals surface area contributed by atoms with Gasteiger partial charge in [0, 0.05) is 11.1 Å². The van der Waals surface area contributed by atoms with Crippen LogP contribution in [0.5, 0.6) is 11.5 Å². The van der Waals surface area contributed by atoms with Gasteiger partial charge in [0.1, 0.15) is 0 Å². The number of fused-ring (bicyclic) bond motifs is 1. The molecule has 0 radical (unpaired) electrons. The Morgan fingerprint density at radius 3 is 2.33 bits per heavy atom. The number of aromatic hydroxyl groups is 1. The fourth-order valence-corrected chi connectivity index (χ4v) is 3.48. The van der Waals surface area contributed by atoms with E-state index in [0.29, 0.717) is 40.3 Å². The van der Waals surface area contributed by atoms with Crippen molar-refractivity contribution in [1.82, 2.24) is 0 Å². The molecule has 1 heterocycles. The zero-order chi connectivity index (χ0) is 21.3. The number of carbonyl (C=O) groups excluding carboxylic acids is 2. The van der Waals surface area contributed by atoms with E-state index in [4.69, 9.17) is 4.74 Å². The first-order valence-electron chi connectivity index (χ1n) is 9.72. The Balaban J connectivity index is 1.86. The van der Waals surface area contributed by atoms with Crippen molar-refractivity contribution in [2.75, 3.05) is 11.5 Å². The predicted octanol–water partition coefficient (Wildman–Crippen LogP) is 4.83. The number of hydrogen-bond acceptors (Lipinski definition) is 4. The Morgan fingerprint density at radius 1 is 0.933 bits per heavy atom. The molecule has 150 valence electrons. The van der Waals surface area contributed by atoms with Gasteiger partial charge in [0.2, 0.25) is 0 Å². The molecule has 0 aromatic heterocycles. The van der Waals surface area contributed by atoms with E-state index in [1.54, 1.807) is 54.6 Å². The van der Waals surface area contributed by atoms with Crippen molar-refractivity contribution in [3.8, 4) is 11.5 Å². The molecule has 2 amide bonds. The van der Waals surface area contributed by atoms with Gasteiger partial charge in [0.25, 0.3) is 11.8 Å². The maximum atomic E-state index is 13.4. The normalized spacial score (nSPS) is 14.7. The summed E-state index contributed by atoms with van der Waals surface area (Å²) < 4.78 is 5.45. The molecule has 0 aliphatic carbocycles. The molecule has 1 N–H and O–H groups in total. The van der Waals surface area contributed by atoms with E-state index in [2.05, 4.69) is 0 Å². The van der Waals surface area contributed by atoms with E-state index in [1.807, 2.05) is 26.0 Å². The SMILES string of the molecule is CCOc1cc(/C=C2\C(=O)N(c3ccc(C)cc3)C(=O)c3ccccc32)ccc1O. The molecule has 3 aromatic carbocycles. The van der Waals surface area contributed by atoms with Crippen molar-refractivity contribution in [1.29, 1.82) is 0 Å². The molecule has 30 heavy (non-hydrogen) atoms. The van der Waals surface area contributed by atoms with Crippen LogP contribution in [-0.4, -0.2) is 23.5 Å². The van der Waals surface area contributed by atoms with Crippen LogP contribution in [0.3, 0.4) is 0 Å². The Kier molecular flexibility index (Phi) is 5.11. The number of nitrogens with zero attached hydrogens (tertiary/aromatic N) is 1. The first-order chi connectivity index (χ1) is 14.5. The zero-order valence-corrected chi connectivity index (χ0v) is 16.8. The van der Waals surface area contributed by atoms with Crippen LogP contribution in [0.25, 0.3) is 11.6 Å². The van der Waals surface area contributed by atoms with Gasteiger partial charge in [0.15, 0.2) is 11.5 Å². The molecule has 1 aliphatic heterocycles. The summed E-state index contributed by atoms with van der Waals surface area (Å²) in [5.74, 6) is -0.369. The molecule has 0 saturated carbocycles. The topological polar surface area (TPSA) is 66.8 Å². The Morgan fingerprint density at radius 2 is 1.63 bits per heavy atom. The number of phenols is 1. The van der Waals surface area contributed by atoms with Crippen LogP contribution in [0.1, 0.15) is 34.0 Å². The smallest absolute Gasteiger partial charge is 0.265 e. The molecular weight excluding hydrogens is 378 g/mol. The van der Waals surface area contributed by atoms with E-state index < -0.39 is 5.91 Å². The first-order valence-corrected chi connectivity index (χ1v) is 9.72. The lowest BCUT2D eigenvalue weighted by atomic mass is 9.91. The van der Waals surface area contributed by atoms with Crippen LogP contribution in [0.4, 0.5) is 5.69 Å². The van der Waals surface area contributed by atoms with Gasteiger partial charge < -0.3 is 9.84 Å². The van der Waals surface area contributed by atoms with Gasteiger partial charge in [-0.05, 0) is 61.4 Å². The third-order valence-corrected chi connectivity index (χ3v) is 4.97. The third-order valence-electron chi connectivity index (χ3n) is 4.97. The summed E-state index contributed by atoms with van der Waals surface area (Å²) in [4.78, 5) is 27.7. The molecular formula is C25H21NO4. The number of ether oxygens (including phenoxy) is 1. The van der Waals surface area contributed by atoms with E-state index in [1.165, 1.54) is 11.0 Å². The van der Waals surface area contributed by atoms with Crippen molar-refractivity contribution in [3.63, 3.8) is 0 Å². The first kappa shape index (κ1) is 19.5. The van der Waals surface area contributed by atoms with E-state index in [0.717, 1.165) is 5.56 Å². The summed E-state index contributed by atoms with van der Waals surface area (Å²) in [5.41, 5.74) is 3.71. The predicted molar refractivity (Wildman–Crippen MR) is 117 cm³/mol. The van der Waals surface area contributed by atoms with Crippen LogP contribution in [0.15, 0.2) is 66.7 Å². The highest BCUT2D eigenvalue weighted by Crippen LogP contribution is 2.35.